The number of amides is 1. The minimum absolute atomic E-state index is 0.0781. The van der Waals surface area contributed by atoms with Crippen LogP contribution in [0.4, 0.5) is 5.69 Å². The van der Waals surface area contributed by atoms with Gasteiger partial charge in [-0.15, -0.1) is 0 Å². The van der Waals surface area contributed by atoms with Crippen molar-refractivity contribution in [1.82, 2.24) is 4.72 Å². The van der Waals surface area contributed by atoms with Crippen LogP contribution in [-0.2, 0) is 10.0 Å². The van der Waals surface area contributed by atoms with Crippen LogP contribution in [0.2, 0.25) is 0 Å². The van der Waals surface area contributed by atoms with Crippen LogP contribution in [0.5, 0.6) is 5.75 Å². The van der Waals surface area contributed by atoms with E-state index in [0.717, 1.165) is 18.8 Å². The average molecular weight is 362 g/mol. The summed E-state index contributed by atoms with van der Waals surface area (Å²) in [6.07, 6.45) is 0. The zero-order chi connectivity index (χ0) is 18.4. The Bertz CT molecular complexity index is 828. The third-order valence-corrected chi connectivity index (χ3v) is 5.21. The Kier molecular flexibility index (Phi) is 6.03. The number of hydrogen-bond donors (Lipinski definition) is 1. The first-order valence-corrected chi connectivity index (χ1v) is 9.46. The van der Waals surface area contributed by atoms with E-state index in [1.54, 1.807) is 36.4 Å². The first-order valence-electron chi connectivity index (χ1n) is 7.98. The molecule has 0 heterocycles. The summed E-state index contributed by atoms with van der Waals surface area (Å²) in [5, 5.41) is 0. The highest BCUT2D eigenvalue weighted by molar-refractivity contribution is 7.90. The summed E-state index contributed by atoms with van der Waals surface area (Å²) in [5.74, 6) is -0.503. The van der Waals surface area contributed by atoms with E-state index in [2.05, 4.69) is 9.62 Å². The van der Waals surface area contributed by atoms with Gasteiger partial charge in [-0.3, -0.25) is 4.79 Å². The minimum atomic E-state index is -4.02. The molecule has 25 heavy (non-hydrogen) atoms. The van der Waals surface area contributed by atoms with Gasteiger partial charge in [0.25, 0.3) is 15.9 Å². The third kappa shape index (κ3) is 4.30. The van der Waals surface area contributed by atoms with Crippen molar-refractivity contribution >= 4 is 21.6 Å². The van der Waals surface area contributed by atoms with Crippen LogP contribution >= 0.6 is 0 Å². The number of nitrogens with one attached hydrogen (secondary N) is 1. The number of para-hydroxylation sites is 1. The molecule has 2 aromatic carbocycles. The van der Waals surface area contributed by atoms with Gasteiger partial charge in [-0.05, 0) is 50.2 Å². The molecule has 0 saturated carbocycles. The number of hydrogen-bond acceptors (Lipinski definition) is 5. The summed E-state index contributed by atoms with van der Waals surface area (Å²) in [6.45, 7) is 5.79. The topological polar surface area (TPSA) is 75.7 Å². The molecule has 2 rings (SSSR count). The number of carbonyl (C=O) groups is 1. The maximum absolute atomic E-state index is 12.4. The number of benzene rings is 2. The second-order valence-corrected chi connectivity index (χ2v) is 6.96. The monoisotopic (exact) mass is 362 g/mol. The van der Waals surface area contributed by atoms with Crippen molar-refractivity contribution in [2.75, 3.05) is 25.1 Å². The predicted octanol–water partition coefficient (Wildman–Crippen LogP) is 2.66. The standard InChI is InChI=1S/C18H22N2O4S/c1-4-20(5-2)15-12-10-14(11-13-15)18(21)19-25(22,23)17-9-7-6-8-16(17)24-3/h6-13H,4-5H2,1-3H3,(H,19,21). The fourth-order valence-corrected chi connectivity index (χ4v) is 3.63. The Morgan fingerprint density at radius 2 is 1.64 bits per heavy atom. The van der Waals surface area contributed by atoms with E-state index in [1.807, 2.05) is 13.8 Å². The number of sulfonamides is 1. The van der Waals surface area contributed by atoms with Gasteiger partial charge >= 0.3 is 0 Å². The lowest BCUT2D eigenvalue weighted by Crippen LogP contribution is -2.31. The molecule has 0 aliphatic carbocycles. The zero-order valence-corrected chi connectivity index (χ0v) is 15.3. The van der Waals surface area contributed by atoms with E-state index in [0.29, 0.717) is 0 Å². The van der Waals surface area contributed by atoms with Crippen LogP contribution < -0.4 is 14.4 Å². The van der Waals surface area contributed by atoms with Crippen LogP contribution in [0.25, 0.3) is 0 Å². The molecule has 0 aromatic heterocycles. The highest BCUT2D eigenvalue weighted by Gasteiger charge is 2.22. The van der Waals surface area contributed by atoms with Crippen molar-refractivity contribution < 1.29 is 17.9 Å². The molecule has 0 saturated heterocycles. The Labute approximate surface area is 148 Å². The lowest BCUT2D eigenvalue weighted by molar-refractivity contribution is 0.0981. The molecule has 0 atom stereocenters. The van der Waals surface area contributed by atoms with Crippen LogP contribution in [0.3, 0.4) is 0 Å². The average Bonchev–Trinajstić information content (AvgIpc) is 2.63. The Balaban J connectivity index is 2.21. The summed E-state index contributed by atoms with van der Waals surface area (Å²) in [6, 6.07) is 13.0. The summed E-state index contributed by atoms with van der Waals surface area (Å²) in [7, 11) is -2.64. The molecule has 0 spiro atoms. The second kappa shape index (κ2) is 8.02. The van der Waals surface area contributed by atoms with Gasteiger partial charge in [-0.2, -0.15) is 0 Å². The van der Waals surface area contributed by atoms with Crippen molar-refractivity contribution in [3.63, 3.8) is 0 Å². The molecule has 7 heteroatoms. The smallest absolute Gasteiger partial charge is 0.268 e. The molecule has 1 amide bonds. The van der Waals surface area contributed by atoms with Gasteiger partial charge in [0, 0.05) is 24.3 Å². The van der Waals surface area contributed by atoms with Crippen molar-refractivity contribution in [2.45, 2.75) is 18.7 Å². The van der Waals surface area contributed by atoms with Gasteiger partial charge in [0.15, 0.2) is 0 Å². The van der Waals surface area contributed by atoms with E-state index in [9.17, 15) is 13.2 Å². The summed E-state index contributed by atoms with van der Waals surface area (Å²) >= 11 is 0. The highest BCUT2D eigenvalue weighted by atomic mass is 32.2. The van der Waals surface area contributed by atoms with E-state index in [-0.39, 0.29) is 16.2 Å². The number of nitrogens with zero attached hydrogens (tertiary/aromatic N) is 1. The molecule has 0 radical (unpaired) electrons. The van der Waals surface area contributed by atoms with Crippen molar-refractivity contribution in [3.8, 4) is 5.75 Å². The fourth-order valence-electron chi connectivity index (χ4n) is 2.49. The number of rotatable bonds is 7. The Morgan fingerprint density at radius 1 is 1.04 bits per heavy atom. The first kappa shape index (κ1) is 18.8. The summed E-state index contributed by atoms with van der Waals surface area (Å²) in [4.78, 5) is 14.4. The third-order valence-electron chi connectivity index (χ3n) is 3.84. The summed E-state index contributed by atoms with van der Waals surface area (Å²) in [5.41, 5.74) is 1.25. The largest absolute Gasteiger partial charge is 0.495 e. The number of carbonyl (C=O) groups excluding carboxylic acids is 1. The van der Waals surface area contributed by atoms with Gasteiger partial charge in [-0.25, -0.2) is 13.1 Å². The Hall–Kier alpha value is -2.54. The lowest BCUT2D eigenvalue weighted by atomic mass is 10.2. The predicted molar refractivity (Wildman–Crippen MR) is 97.6 cm³/mol. The van der Waals surface area contributed by atoms with E-state index in [1.165, 1.54) is 19.2 Å². The molecule has 0 aliphatic rings. The highest BCUT2D eigenvalue weighted by Crippen LogP contribution is 2.23. The quantitative estimate of drug-likeness (QED) is 0.819. The molecule has 2 aromatic rings. The van der Waals surface area contributed by atoms with Crippen LogP contribution in [0.15, 0.2) is 53.4 Å². The number of anilines is 1. The van der Waals surface area contributed by atoms with E-state index >= 15 is 0 Å². The molecule has 0 bridgehead atoms. The van der Waals surface area contributed by atoms with Gasteiger partial charge < -0.3 is 9.64 Å². The van der Waals surface area contributed by atoms with E-state index < -0.39 is 15.9 Å². The molecule has 0 fully saturated rings. The Morgan fingerprint density at radius 3 is 2.20 bits per heavy atom. The van der Waals surface area contributed by atoms with E-state index in [4.69, 9.17) is 4.74 Å². The molecule has 6 nitrogen and oxygen atoms in total. The zero-order valence-electron chi connectivity index (χ0n) is 14.5. The first-order chi connectivity index (χ1) is 11.9. The van der Waals surface area contributed by atoms with Gasteiger partial charge in [-0.1, -0.05) is 12.1 Å². The van der Waals surface area contributed by atoms with Crippen molar-refractivity contribution in [1.29, 1.82) is 0 Å². The number of ether oxygens (including phenoxy) is 1. The van der Waals surface area contributed by atoms with Crippen LogP contribution in [0.1, 0.15) is 24.2 Å². The summed E-state index contributed by atoms with van der Waals surface area (Å²) < 4.78 is 32.0. The molecule has 134 valence electrons. The molecule has 1 N–H and O–H groups in total. The van der Waals surface area contributed by atoms with Gasteiger partial charge in [0.2, 0.25) is 0 Å². The molecular formula is C18H22N2O4S. The molecule has 0 aliphatic heterocycles. The van der Waals surface area contributed by atoms with Crippen molar-refractivity contribution in [2.24, 2.45) is 0 Å². The molecule has 0 unspecified atom stereocenters. The van der Waals surface area contributed by atoms with Gasteiger partial charge in [0.05, 0.1) is 7.11 Å². The number of methoxy groups -OCH3 is 1. The second-order valence-electron chi connectivity index (χ2n) is 5.30. The van der Waals surface area contributed by atoms with Crippen LogP contribution in [0, 0.1) is 0 Å². The van der Waals surface area contributed by atoms with Gasteiger partial charge in [0.1, 0.15) is 10.6 Å². The van der Waals surface area contributed by atoms with Crippen LogP contribution in [-0.4, -0.2) is 34.5 Å². The minimum Gasteiger partial charge on any atom is -0.495 e. The maximum atomic E-state index is 12.4. The fraction of sp³-hybridized carbons (Fsp3) is 0.278. The molecular weight excluding hydrogens is 340 g/mol. The maximum Gasteiger partial charge on any atom is 0.268 e. The van der Waals surface area contributed by atoms with Crippen molar-refractivity contribution in [3.05, 3.63) is 54.1 Å². The lowest BCUT2D eigenvalue weighted by Gasteiger charge is -2.21. The normalized spacial score (nSPS) is 11.0. The SMILES string of the molecule is CCN(CC)c1ccc(C(=O)NS(=O)(=O)c2ccccc2OC)cc1.